The highest BCUT2D eigenvalue weighted by molar-refractivity contribution is 5.76. The molecular formula is C14H19N3. The average molecular weight is 229 g/mol. The number of hydrogen-bond acceptors (Lipinski definition) is 2. The minimum absolute atomic E-state index is 0.596. The van der Waals surface area contributed by atoms with E-state index in [0.717, 1.165) is 17.9 Å². The first-order chi connectivity index (χ1) is 8.28. The molecule has 1 aliphatic carbocycles. The van der Waals surface area contributed by atoms with Crippen LogP contribution in [0.15, 0.2) is 18.2 Å². The molecule has 0 atom stereocenters. The molecule has 3 heteroatoms. The van der Waals surface area contributed by atoms with E-state index in [2.05, 4.69) is 29.8 Å². The fraction of sp³-hybridized carbons (Fsp3) is 0.500. The monoisotopic (exact) mass is 229 g/mol. The quantitative estimate of drug-likeness (QED) is 0.878. The van der Waals surface area contributed by atoms with Crippen LogP contribution in [-0.2, 0) is 20.0 Å². The standard InChI is InChI=1S/C14H19N3/c1-17-13-7-11(9-15)5-6-12(13)16-14(17)8-10-3-2-4-10/h5-7,10H,2-4,8-9,15H2,1H3. The van der Waals surface area contributed by atoms with Gasteiger partial charge in [0.25, 0.3) is 0 Å². The Kier molecular flexibility index (Phi) is 2.63. The van der Waals surface area contributed by atoms with Gasteiger partial charge in [-0.25, -0.2) is 4.98 Å². The molecule has 90 valence electrons. The molecule has 2 N–H and O–H groups in total. The second-order valence-electron chi connectivity index (χ2n) is 5.12. The van der Waals surface area contributed by atoms with Crippen LogP contribution in [0.25, 0.3) is 11.0 Å². The van der Waals surface area contributed by atoms with Gasteiger partial charge in [0, 0.05) is 20.0 Å². The van der Waals surface area contributed by atoms with Gasteiger partial charge in [-0.3, -0.25) is 0 Å². The predicted octanol–water partition coefficient (Wildman–Crippen LogP) is 2.37. The minimum Gasteiger partial charge on any atom is -0.331 e. The summed E-state index contributed by atoms with van der Waals surface area (Å²) in [6.45, 7) is 0.596. The molecule has 0 spiro atoms. The third kappa shape index (κ3) is 1.84. The van der Waals surface area contributed by atoms with E-state index in [0.29, 0.717) is 6.54 Å². The normalized spacial score (nSPS) is 16.4. The molecule has 2 aromatic rings. The molecule has 1 fully saturated rings. The Hall–Kier alpha value is -1.35. The van der Waals surface area contributed by atoms with Crippen molar-refractivity contribution in [3.8, 4) is 0 Å². The van der Waals surface area contributed by atoms with Crippen LogP contribution in [0.3, 0.4) is 0 Å². The van der Waals surface area contributed by atoms with Crippen molar-refractivity contribution in [1.29, 1.82) is 0 Å². The van der Waals surface area contributed by atoms with Gasteiger partial charge >= 0.3 is 0 Å². The van der Waals surface area contributed by atoms with Gasteiger partial charge in [0.2, 0.25) is 0 Å². The van der Waals surface area contributed by atoms with E-state index in [1.165, 1.54) is 36.2 Å². The summed E-state index contributed by atoms with van der Waals surface area (Å²) in [5.41, 5.74) is 9.16. The molecule has 0 bridgehead atoms. The summed E-state index contributed by atoms with van der Waals surface area (Å²) in [4.78, 5) is 4.73. The van der Waals surface area contributed by atoms with E-state index in [1.807, 2.05) is 0 Å². The van der Waals surface area contributed by atoms with Crippen LogP contribution in [0.1, 0.15) is 30.7 Å². The van der Waals surface area contributed by atoms with Crippen LogP contribution in [0, 0.1) is 5.92 Å². The summed E-state index contributed by atoms with van der Waals surface area (Å²) >= 11 is 0. The van der Waals surface area contributed by atoms with Crippen molar-refractivity contribution in [2.75, 3.05) is 0 Å². The van der Waals surface area contributed by atoms with Crippen LogP contribution in [0.2, 0.25) is 0 Å². The van der Waals surface area contributed by atoms with Crippen molar-refractivity contribution < 1.29 is 0 Å². The van der Waals surface area contributed by atoms with E-state index in [9.17, 15) is 0 Å². The Bertz CT molecular complexity index is 538. The second-order valence-corrected chi connectivity index (χ2v) is 5.12. The molecule has 0 saturated heterocycles. The maximum atomic E-state index is 5.68. The Morgan fingerprint density at radius 3 is 2.88 bits per heavy atom. The molecule has 3 rings (SSSR count). The lowest BCUT2D eigenvalue weighted by molar-refractivity contribution is 0.307. The summed E-state index contributed by atoms with van der Waals surface area (Å²) in [6, 6.07) is 6.32. The van der Waals surface area contributed by atoms with Gasteiger partial charge in [-0.15, -0.1) is 0 Å². The Labute approximate surface area is 102 Å². The van der Waals surface area contributed by atoms with Gasteiger partial charge in [-0.05, 0) is 23.6 Å². The highest BCUT2D eigenvalue weighted by Crippen LogP contribution is 2.30. The van der Waals surface area contributed by atoms with E-state index in [-0.39, 0.29) is 0 Å². The molecule has 0 aliphatic heterocycles. The van der Waals surface area contributed by atoms with Crippen molar-refractivity contribution in [2.45, 2.75) is 32.2 Å². The molecule has 17 heavy (non-hydrogen) atoms. The zero-order valence-corrected chi connectivity index (χ0v) is 10.3. The van der Waals surface area contributed by atoms with Gasteiger partial charge in [-0.1, -0.05) is 25.3 Å². The summed E-state index contributed by atoms with van der Waals surface area (Å²) in [7, 11) is 2.11. The molecule has 1 aromatic heterocycles. The Morgan fingerprint density at radius 1 is 1.41 bits per heavy atom. The maximum absolute atomic E-state index is 5.68. The molecule has 1 saturated carbocycles. The van der Waals surface area contributed by atoms with E-state index < -0.39 is 0 Å². The van der Waals surface area contributed by atoms with Crippen LogP contribution in [-0.4, -0.2) is 9.55 Å². The lowest BCUT2D eigenvalue weighted by Gasteiger charge is -2.24. The summed E-state index contributed by atoms with van der Waals surface area (Å²) in [5.74, 6) is 2.08. The fourth-order valence-corrected chi connectivity index (χ4v) is 2.55. The SMILES string of the molecule is Cn1c(CC2CCC2)nc2ccc(CN)cc21. The largest absolute Gasteiger partial charge is 0.331 e. The number of nitrogens with two attached hydrogens (primary N) is 1. The van der Waals surface area contributed by atoms with Gasteiger partial charge in [0.05, 0.1) is 11.0 Å². The van der Waals surface area contributed by atoms with Gasteiger partial charge in [0.15, 0.2) is 0 Å². The van der Waals surface area contributed by atoms with E-state index >= 15 is 0 Å². The zero-order chi connectivity index (χ0) is 11.8. The van der Waals surface area contributed by atoms with Crippen LogP contribution < -0.4 is 5.73 Å². The first-order valence-corrected chi connectivity index (χ1v) is 6.42. The van der Waals surface area contributed by atoms with Crippen molar-refractivity contribution in [2.24, 2.45) is 18.7 Å². The third-order valence-corrected chi connectivity index (χ3v) is 3.97. The molecule has 1 aromatic carbocycles. The first-order valence-electron chi connectivity index (χ1n) is 6.42. The number of rotatable bonds is 3. The smallest absolute Gasteiger partial charge is 0.109 e. The minimum atomic E-state index is 0.596. The average Bonchev–Trinajstić information content (AvgIpc) is 2.61. The van der Waals surface area contributed by atoms with Crippen molar-refractivity contribution in [3.63, 3.8) is 0 Å². The number of imidazole rings is 1. The number of aromatic nitrogens is 2. The molecule has 1 aliphatic rings. The number of benzene rings is 1. The second kappa shape index (κ2) is 4.15. The molecular weight excluding hydrogens is 210 g/mol. The molecule has 0 amide bonds. The summed E-state index contributed by atoms with van der Waals surface area (Å²) in [5, 5.41) is 0. The third-order valence-electron chi connectivity index (χ3n) is 3.97. The van der Waals surface area contributed by atoms with Crippen molar-refractivity contribution in [3.05, 3.63) is 29.6 Å². The van der Waals surface area contributed by atoms with E-state index in [1.54, 1.807) is 0 Å². The summed E-state index contributed by atoms with van der Waals surface area (Å²) < 4.78 is 2.23. The fourth-order valence-electron chi connectivity index (χ4n) is 2.55. The van der Waals surface area contributed by atoms with Crippen LogP contribution >= 0.6 is 0 Å². The lowest BCUT2D eigenvalue weighted by atomic mass is 9.83. The molecule has 1 heterocycles. The number of hydrogen-bond donors (Lipinski definition) is 1. The Balaban J connectivity index is 1.98. The van der Waals surface area contributed by atoms with Crippen molar-refractivity contribution >= 4 is 11.0 Å². The van der Waals surface area contributed by atoms with E-state index in [4.69, 9.17) is 10.7 Å². The molecule has 0 radical (unpaired) electrons. The number of nitrogens with zero attached hydrogens (tertiary/aromatic N) is 2. The zero-order valence-electron chi connectivity index (χ0n) is 10.3. The summed E-state index contributed by atoms with van der Waals surface area (Å²) in [6.07, 6.45) is 5.27. The van der Waals surface area contributed by atoms with Gasteiger partial charge < -0.3 is 10.3 Å². The lowest BCUT2D eigenvalue weighted by Crippen LogP contribution is -2.16. The first kappa shape index (κ1) is 10.8. The van der Waals surface area contributed by atoms with Gasteiger partial charge in [0.1, 0.15) is 5.82 Å². The van der Waals surface area contributed by atoms with Crippen LogP contribution in [0.4, 0.5) is 0 Å². The molecule has 3 nitrogen and oxygen atoms in total. The maximum Gasteiger partial charge on any atom is 0.109 e. The highest BCUT2D eigenvalue weighted by Gasteiger charge is 2.20. The van der Waals surface area contributed by atoms with Crippen LogP contribution in [0.5, 0.6) is 0 Å². The Morgan fingerprint density at radius 2 is 2.24 bits per heavy atom. The number of fused-ring (bicyclic) bond motifs is 1. The molecule has 0 unspecified atom stereocenters. The van der Waals surface area contributed by atoms with Gasteiger partial charge in [-0.2, -0.15) is 0 Å². The predicted molar refractivity (Wildman–Crippen MR) is 69.7 cm³/mol. The topological polar surface area (TPSA) is 43.8 Å². The van der Waals surface area contributed by atoms with Crippen molar-refractivity contribution in [1.82, 2.24) is 9.55 Å². The number of aryl methyl sites for hydroxylation is 1. The highest BCUT2D eigenvalue weighted by atomic mass is 15.1.